The van der Waals surface area contributed by atoms with Crippen LogP contribution in [0.1, 0.15) is 27.0 Å². The van der Waals surface area contributed by atoms with Crippen LogP contribution >= 0.6 is 11.3 Å². The molecule has 1 aliphatic rings. The van der Waals surface area contributed by atoms with Crippen LogP contribution < -0.4 is 5.32 Å². The van der Waals surface area contributed by atoms with Gasteiger partial charge in [0.1, 0.15) is 0 Å². The van der Waals surface area contributed by atoms with Crippen molar-refractivity contribution in [2.24, 2.45) is 0 Å². The Labute approximate surface area is 167 Å². The third-order valence-electron chi connectivity index (χ3n) is 4.87. The van der Waals surface area contributed by atoms with Gasteiger partial charge in [-0.15, -0.1) is 11.3 Å². The second-order valence-electron chi connectivity index (χ2n) is 6.96. The molecule has 28 heavy (non-hydrogen) atoms. The Morgan fingerprint density at radius 2 is 1.89 bits per heavy atom. The fraction of sp³-hybridized carbons (Fsp3) is 0.273. The molecule has 1 aliphatic heterocycles. The van der Waals surface area contributed by atoms with E-state index in [9.17, 15) is 9.59 Å². The number of nitrogens with zero attached hydrogens (tertiary/aromatic N) is 1. The van der Waals surface area contributed by atoms with E-state index in [0.717, 1.165) is 4.88 Å². The number of fused-ring (bicyclic) bond motifs is 1. The quantitative estimate of drug-likeness (QED) is 0.695. The Morgan fingerprint density at radius 1 is 1.11 bits per heavy atom. The number of thiophene rings is 1. The van der Waals surface area contributed by atoms with Crippen LogP contribution in [-0.4, -0.2) is 35.9 Å². The molecule has 0 atom stereocenters. The van der Waals surface area contributed by atoms with E-state index in [0.29, 0.717) is 31.1 Å². The smallest absolute Gasteiger partial charge is 0.264 e. The number of nitrogens with one attached hydrogen (secondary N) is 1. The fourth-order valence-corrected chi connectivity index (χ4v) is 4.21. The molecular formula is C22H22N2O3S. The van der Waals surface area contributed by atoms with Crippen LogP contribution in [0.25, 0.3) is 10.8 Å². The number of benzene rings is 2. The molecule has 0 unspecified atom stereocenters. The van der Waals surface area contributed by atoms with Gasteiger partial charge in [0.2, 0.25) is 5.91 Å². The Hall–Kier alpha value is -2.70. The Kier molecular flexibility index (Phi) is 5.41. The molecule has 0 saturated carbocycles. The SMILES string of the molecule is CC(=O)NCc1ccc(C(=O)N2CC(OCc3cccc4ccccc34)C2)s1. The summed E-state index contributed by atoms with van der Waals surface area (Å²) in [5.41, 5.74) is 1.17. The zero-order valence-electron chi connectivity index (χ0n) is 15.7. The van der Waals surface area contributed by atoms with Gasteiger partial charge < -0.3 is 15.0 Å². The number of ether oxygens (including phenoxy) is 1. The highest BCUT2D eigenvalue weighted by molar-refractivity contribution is 7.14. The first-order valence-electron chi connectivity index (χ1n) is 9.31. The molecule has 1 aromatic heterocycles. The van der Waals surface area contributed by atoms with Gasteiger partial charge in [-0.1, -0.05) is 42.5 Å². The second kappa shape index (κ2) is 8.12. The normalized spacial score (nSPS) is 14.1. The Balaban J connectivity index is 1.28. The summed E-state index contributed by atoms with van der Waals surface area (Å²) >= 11 is 1.43. The Morgan fingerprint density at radius 3 is 2.71 bits per heavy atom. The van der Waals surface area contributed by atoms with Crippen molar-refractivity contribution in [1.29, 1.82) is 0 Å². The number of carbonyl (C=O) groups excluding carboxylic acids is 2. The average Bonchev–Trinajstić information content (AvgIpc) is 3.14. The summed E-state index contributed by atoms with van der Waals surface area (Å²) in [6, 6.07) is 18.2. The number of rotatable bonds is 6. The third-order valence-corrected chi connectivity index (χ3v) is 5.95. The van der Waals surface area contributed by atoms with Gasteiger partial charge in [0.05, 0.1) is 24.1 Å². The molecule has 0 radical (unpaired) electrons. The molecule has 0 bridgehead atoms. The number of carbonyl (C=O) groups is 2. The van der Waals surface area contributed by atoms with Gasteiger partial charge in [-0.05, 0) is 28.5 Å². The van der Waals surface area contributed by atoms with Gasteiger partial charge >= 0.3 is 0 Å². The van der Waals surface area contributed by atoms with E-state index < -0.39 is 0 Å². The van der Waals surface area contributed by atoms with Gasteiger partial charge in [-0.25, -0.2) is 0 Å². The van der Waals surface area contributed by atoms with Crippen molar-refractivity contribution in [3.8, 4) is 0 Å². The first-order chi connectivity index (χ1) is 13.6. The number of likely N-dealkylation sites (tertiary alicyclic amines) is 1. The molecular weight excluding hydrogens is 372 g/mol. The molecule has 2 aromatic carbocycles. The predicted octanol–water partition coefficient (Wildman–Crippen LogP) is 3.58. The lowest BCUT2D eigenvalue weighted by Crippen LogP contribution is -2.54. The second-order valence-corrected chi connectivity index (χ2v) is 8.13. The highest BCUT2D eigenvalue weighted by atomic mass is 32.1. The van der Waals surface area contributed by atoms with Crippen molar-refractivity contribution >= 4 is 33.9 Å². The number of hydrogen-bond donors (Lipinski definition) is 1. The minimum atomic E-state index is -0.0739. The van der Waals surface area contributed by atoms with E-state index in [-0.39, 0.29) is 17.9 Å². The third kappa shape index (κ3) is 4.08. The zero-order chi connectivity index (χ0) is 19.5. The van der Waals surface area contributed by atoms with Gasteiger partial charge in [-0.3, -0.25) is 9.59 Å². The minimum absolute atomic E-state index is 0.0316. The lowest BCUT2D eigenvalue weighted by Gasteiger charge is -2.38. The molecule has 4 rings (SSSR count). The molecule has 144 valence electrons. The summed E-state index contributed by atoms with van der Waals surface area (Å²) in [4.78, 5) is 27.0. The predicted molar refractivity (Wildman–Crippen MR) is 110 cm³/mol. The number of amides is 2. The van der Waals surface area contributed by atoms with Gasteiger partial charge in [0, 0.05) is 24.9 Å². The molecule has 2 heterocycles. The van der Waals surface area contributed by atoms with Crippen molar-refractivity contribution in [3.05, 3.63) is 69.9 Å². The van der Waals surface area contributed by atoms with Crippen molar-refractivity contribution in [3.63, 3.8) is 0 Å². The van der Waals surface area contributed by atoms with Gasteiger partial charge in [0.15, 0.2) is 0 Å². The van der Waals surface area contributed by atoms with E-state index >= 15 is 0 Å². The first-order valence-corrected chi connectivity index (χ1v) is 10.1. The van der Waals surface area contributed by atoms with Crippen molar-refractivity contribution < 1.29 is 14.3 Å². The number of hydrogen-bond acceptors (Lipinski definition) is 4. The summed E-state index contributed by atoms with van der Waals surface area (Å²) in [5.74, 6) is -0.0423. The summed E-state index contributed by atoms with van der Waals surface area (Å²) in [6.07, 6.45) is 0.0710. The van der Waals surface area contributed by atoms with E-state index in [1.807, 2.05) is 35.2 Å². The molecule has 1 N–H and O–H groups in total. The van der Waals surface area contributed by atoms with Crippen LogP contribution in [0.2, 0.25) is 0 Å². The average molecular weight is 394 g/mol. The lowest BCUT2D eigenvalue weighted by atomic mass is 10.1. The van der Waals surface area contributed by atoms with Crippen LogP contribution in [0.4, 0.5) is 0 Å². The van der Waals surface area contributed by atoms with Crippen LogP contribution in [0.5, 0.6) is 0 Å². The van der Waals surface area contributed by atoms with Crippen LogP contribution in [0, 0.1) is 0 Å². The zero-order valence-corrected chi connectivity index (χ0v) is 16.5. The molecule has 3 aromatic rings. The maximum Gasteiger partial charge on any atom is 0.264 e. The lowest BCUT2D eigenvalue weighted by molar-refractivity contribution is -0.119. The van der Waals surface area contributed by atoms with Crippen molar-refractivity contribution in [1.82, 2.24) is 10.2 Å². The molecule has 5 nitrogen and oxygen atoms in total. The minimum Gasteiger partial charge on any atom is -0.370 e. The Bertz CT molecular complexity index is 1000. The summed E-state index contributed by atoms with van der Waals surface area (Å²) < 4.78 is 6.02. The topological polar surface area (TPSA) is 58.6 Å². The van der Waals surface area contributed by atoms with Crippen LogP contribution in [0.3, 0.4) is 0 Å². The standard InChI is InChI=1S/C22H22N2O3S/c1-15(25)23-11-19-9-10-21(28-19)22(26)24-12-18(13-24)27-14-17-7-4-6-16-5-2-3-8-20(16)17/h2-10,18H,11-14H2,1H3,(H,23,25). The highest BCUT2D eigenvalue weighted by Gasteiger charge is 2.32. The fourth-order valence-electron chi connectivity index (χ4n) is 3.29. The van der Waals surface area contributed by atoms with E-state index in [1.165, 1.54) is 34.6 Å². The molecule has 1 fully saturated rings. The monoisotopic (exact) mass is 394 g/mol. The molecule has 0 spiro atoms. The van der Waals surface area contributed by atoms with Crippen molar-refractivity contribution in [2.75, 3.05) is 13.1 Å². The van der Waals surface area contributed by atoms with Crippen molar-refractivity contribution in [2.45, 2.75) is 26.2 Å². The molecule has 6 heteroatoms. The maximum absolute atomic E-state index is 12.6. The summed E-state index contributed by atoms with van der Waals surface area (Å²) in [7, 11) is 0. The maximum atomic E-state index is 12.6. The molecule has 0 aliphatic carbocycles. The molecule has 1 saturated heterocycles. The van der Waals surface area contributed by atoms with Gasteiger partial charge in [0.25, 0.3) is 5.91 Å². The van der Waals surface area contributed by atoms with Crippen LogP contribution in [-0.2, 0) is 22.7 Å². The largest absolute Gasteiger partial charge is 0.370 e. The van der Waals surface area contributed by atoms with E-state index in [1.54, 1.807) is 0 Å². The summed E-state index contributed by atoms with van der Waals surface area (Å²) in [6.45, 7) is 3.72. The van der Waals surface area contributed by atoms with Gasteiger partial charge in [-0.2, -0.15) is 0 Å². The van der Waals surface area contributed by atoms with Crippen LogP contribution in [0.15, 0.2) is 54.6 Å². The van der Waals surface area contributed by atoms with E-state index in [4.69, 9.17) is 4.74 Å². The van der Waals surface area contributed by atoms with E-state index in [2.05, 4.69) is 29.6 Å². The highest BCUT2D eigenvalue weighted by Crippen LogP contribution is 2.24. The molecule has 2 amide bonds. The first kappa shape index (κ1) is 18.7. The summed E-state index contributed by atoms with van der Waals surface area (Å²) in [5, 5.41) is 5.17.